The Balaban J connectivity index is 1.56. The van der Waals surface area contributed by atoms with Crippen LogP contribution in [0, 0.1) is 23.2 Å². The molecule has 2 fully saturated rings. The third kappa shape index (κ3) is 2.83. The number of fused-ring (bicyclic) bond motifs is 4. The average Bonchev–Trinajstić information content (AvgIpc) is 3.07. The highest BCUT2D eigenvalue weighted by molar-refractivity contribution is 6.55. The molecule has 25 heavy (non-hydrogen) atoms. The summed E-state index contributed by atoms with van der Waals surface area (Å²) in [5.74, 6) is 0.835. The number of halogens is 2. The molecule has 1 saturated carbocycles. The van der Waals surface area contributed by atoms with Gasteiger partial charge in [-0.15, -0.1) is 0 Å². The van der Waals surface area contributed by atoms with Gasteiger partial charge < -0.3 is 9.47 Å². The van der Waals surface area contributed by atoms with Crippen LogP contribution >= 0.6 is 23.2 Å². The van der Waals surface area contributed by atoms with Crippen LogP contribution in [0.3, 0.4) is 0 Å². The summed E-state index contributed by atoms with van der Waals surface area (Å²) in [7, 11) is 0. The van der Waals surface area contributed by atoms with Crippen LogP contribution in [0.4, 0.5) is 0 Å². The number of rotatable bonds is 2. The van der Waals surface area contributed by atoms with Gasteiger partial charge in [-0.25, -0.2) is 0 Å². The molecule has 1 aromatic rings. The third-order valence-electron chi connectivity index (χ3n) is 6.27. The second-order valence-electron chi connectivity index (χ2n) is 8.22. The number of carbonyl (C=O) groups is 1. The fourth-order valence-corrected chi connectivity index (χ4v) is 5.14. The second kappa shape index (κ2) is 5.88. The Morgan fingerprint density at radius 1 is 1.24 bits per heavy atom. The van der Waals surface area contributed by atoms with Crippen molar-refractivity contribution in [3.8, 4) is 0 Å². The molecule has 134 valence electrons. The van der Waals surface area contributed by atoms with E-state index in [-0.39, 0.29) is 39.1 Å². The summed E-state index contributed by atoms with van der Waals surface area (Å²) in [5.41, 5.74) is 1.03. The molecule has 3 aliphatic rings. The van der Waals surface area contributed by atoms with E-state index >= 15 is 0 Å². The first-order valence-electron chi connectivity index (χ1n) is 8.80. The predicted octanol–water partition coefficient (Wildman–Crippen LogP) is 3.39. The standard InChI is InChI=1S/C19H22Cl2N2O2/c1-19(2)13(7-15(20)21)17(19)18(25)22-8-11-6-12(10-22)14-4-3-5-16(24)23(14)9-11/h3-5,7,11-13,17H,6,8-10H2,1-2H3/t11-,12-,13-,17+/m1/s1. The first-order chi connectivity index (χ1) is 11.8. The quantitative estimate of drug-likeness (QED) is 0.788. The van der Waals surface area contributed by atoms with Crippen molar-refractivity contribution in [1.82, 2.24) is 9.47 Å². The van der Waals surface area contributed by atoms with Gasteiger partial charge in [-0.05, 0) is 35.8 Å². The molecule has 3 heterocycles. The summed E-state index contributed by atoms with van der Waals surface area (Å²) in [4.78, 5) is 27.2. The lowest BCUT2D eigenvalue weighted by Gasteiger charge is -2.43. The van der Waals surface area contributed by atoms with Crippen LogP contribution in [0.15, 0.2) is 33.6 Å². The average molecular weight is 381 g/mol. The van der Waals surface area contributed by atoms with E-state index < -0.39 is 0 Å². The SMILES string of the molecule is CC1(C)[C@H](C=C(Cl)Cl)[C@H]1C(=O)N1C[C@H]2C[C@H](C1)c1cccc(=O)n1C2. The molecule has 4 nitrogen and oxygen atoms in total. The van der Waals surface area contributed by atoms with E-state index in [1.165, 1.54) is 0 Å². The Bertz CT molecular complexity index is 810. The van der Waals surface area contributed by atoms with Crippen molar-refractivity contribution in [3.05, 3.63) is 44.8 Å². The van der Waals surface area contributed by atoms with Crippen LogP contribution < -0.4 is 5.56 Å². The van der Waals surface area contributed by atoms with E-state index in [0.717, 1.165) is 18.7 Å². The van der Waals surface area contributed by atoms with Crippen molar-refractivity contribution in [2.24, 2.45) is 23.2 Å². The third-order valence-corrected chi connectivity index (χ3v) is 6.53. The summed E-state index contributed by atoms with van der Waals surface area (Å²) in [6, 6.07) is 5.46. The van der Waals surface area contributed by atoms with Gasteiger partial charge in [0.15, 0.2) is 0 Å². The summed E-state index contributed by atoms with van der Waals surface area (Å²) in [6.45, 7) is 6.31. The zero-order valence-electron chi connectivity index (χ0n) is 14.4. The van der Waals surface area contributed by atoms with Crippen LogP contribution in [0.5, 0.6) is 0 Å². The number of nitrogens with zero attached hydrogens (tertiary/aromatic N) is 2. The number of hydrogen-bond acceptors (Lipinski definition) is 2. The maximum Gasteiger partial charge on any atom is 0.250 e. The van der Waals surface area contributed by atoms with E-state index in [1.807, 2.05) is 21.6 Å². The second-order valence-corrected chi connectivity index (χ2v) is 9.23. The van der Waals surface area contributed by atoms with Crippen LogP contribution in [-0.4, -0.2) is 28.5 Å². The zero-order valence-corrected chi connectivity index (χ0v) is 15.9. The number of hydrogen-bond donors (Lipinski definition) is 0. The maximum absolute atomic E-state index is 13.1. The molecule has 4 rings (SSSR count). The number of piperidine rings is 1. The normalized spacial score (nSPS) is 31.9. The molecule has 1 aromatic heterocycles. The molecule has 4 atom stereocenters. The molecule has 0 N–H and O–H groups in total. The van der Waals surface area contributed by atoms with Crippen molar-refractivity contribution in [2.75, 3.05) is 13.1 Å². The number of amides is 1. The number of likely N-dealkylation sites (tertiary alicyclic amines) is 1. The fraction of sp³-hybridized carbons (Fsp3) is 0.579. The number of pyridine rings is 1. The van der Waals surface area contributed by atoms with Crippen molar-refractivity contribution in [2.45, 2.75) is 32.7 Å². The van der Waals surface area contributed by atoms with Crippen LogP contribution in [0.25, 0.3) is 0 Å². The smallest absolute Gasteiger partial charge is 0.250 e. The van der Waals surface area contributed by atoms with Gasteiger partial charge in [0.1, 0.15) is 4.49 Å². The first-order valence-corrected chi connectivity index (χ1v) is 9.56. The van der Waals surface area contributed by atoms with Gasteiger partial charge in [0.2, 0.25) is 5.91 Å². The molecule has 2 bridgehead atoms. The molecule has 0 radical (unpaired) electrons. The molecule has 1 saturated heterocycles. The van der Waals surface area contributed by atoms with Gasteiger partial charge >= 0.3 is 0 Å². The monoisotopic (exact) mass is 380 g/mol. The Labute approximate surface area is 157 Å². The largest absolute Gasteiger partial charge is 0.341 e. The Morgan fingerprint density at radius 2 is 2.00 bits per heavy atom. The molecule has 0 spiro atoms. The minimum Gasteiger partial charge on any atom is -0.341 e. The van der Waals surface area contributed by atoms with Gasteiger partial charge in [-0.1, -0.05) is 43.1 Å². The minimum atomic E-state index is -0.104. The molecule has 1 amide bonds. The topological polar surface area (TPSA) is 42.3 Å². The minimum absolute atomic E-state index is 0.0585. The molecular formula is C19H22Cl2N2O2. The van der Waals surface area contributed by atoms with Crippen LogP contribution in [0.1, 0.15) is 31.9 Å². The highest BCUT2D eigenvalue weighted by atomic mass is 35.5. The van der Waals surface area contributed by atoms with Crippen LogP contribution in [-0.2, 0) is 11.3 Å². The van der Waals surface area contributed by atoms with Crippen LogP contribution in [0.2, 0.25) is 0 Å². The van der Waals surface area contributed by atoms with Gasteiger partial charge in [-0.2, -0.15) is 0 Å². The van der Waals surface area contributed by atoms with Crippen molar-refractivity contribution >= 4 is 29.1 Å². The lowest BCUT2D eigenvalue weighted by atomic mass is 9.83. The lowest BCUT2D eigenvalue weighted by molar-refractivity contribution is -0.136. The van der Waals surface area contributed by atoms with Crippen molar-refractivity contribution in [1.29, 1.82) is 0 Å². The van der Waals surface area contributed by atoms with Gasteiger partial charge in [-0.3, -0.25) is 9.59 Å². The molecule has 1 aliphatic carbocycles. The lowest BCUT2D eigenvalue weighted by Crippen LogP contribution is -2.49. The number of carbonyl (C=O) groups excluding carboxylic acids is 1. The summed E-state index contributed by atoms with van der Waals surface area (Å²) in [5, 5.41) is 0. The van der Waals surface area contributed by atoms with E-state index in [2.05, 4.69) is 13.8 Å². The number of aromatic nitrogens is 1. The van der Waals surface area contributed by atoms with Gasteiger partial charge in [0, 0.05) is 37.3 Å². The van der Waals surface area contributed by atoms with E-state index in [1.54, 1.807) is 12.1 Å². The summed E-state index contributed by atoms with van der Waals surface area (Å²) in [6.07, 6.45) is 2.85. The Hall–Kier alpha value is -1.26. The molecule has 0 unspecified atom stereocenters. The maximum atomic E-state index is 13.1. The van der Waals surface area contributed by atoms with E-state index in [0.29, 0.717) is 19.0 Å². The summed E-state index contributed by atoms with van der Waals surface area (Å²) >= 11 is 11.6. The van der Waals surface area contributed by atoms with E-state index in [9.17, 15) is 9.59 Å². The first kappa shape index (κ1) is 17.2. The molecule has 0 aromatic carbocycles. The Kier molecular flexibility index (Phi) is 4.04. The Morgan fingerprint density at radius 3 is 2.72 bits per heavy atom. The van der Waals surface area contributed by atoms with E-state index in [4.69, 9.17) is 23.2 Å². The molecule has 6 heteroatoms. The van der Waals surface area contributed by atoms with Crippen molar-refractivity contribution < 1.29 is 4.79 Å². The fourth-order valence-electron chi connectivity index (χ4n) is 4.87. The number of allylic oxidation sites excluding steroid dienone is 1. The highest BCUT2D eigenvalue weighted by Gasteiger charge is 2.61. The highest BCUT2D eigenvalue weighted by Crippen LogP contribution is 2.60. The van der Waals surface area contributed by atoms with Gasteiger partial charge in [0.05, 0.1) is 5.92 Å². The van der Waals surface area contributed by atoms with Crippen molar-refractivity contribution in [3.63, 3.8) is 0 Å². The molecule has 2 aliphatic heterocycles. The molecular weight excluding hydrogens is 359 g/mol. The van der Waals surface area contributed by atoms with Gasteiger partial charge in [0.25, 0.3) is 5.56 Å². The predicted molar refractivity (Wildman–Crippen MR) is 98.7 cm³/mol. The zero-order chi connectivity index (χ0) is 17.9. The summed E-state index contributed by atoms with van der Waals surface area (Å²) < 4.78 is 2.12.